The van der Waals surface area contributed by atoms with Crippen LogP contribution in [0.15, 0.2) is 41.7 Å². The zero-order valence-electron chi connectivity index (χ0n) is 15.9. The zero-order valence-corrected chi connectivity index (χ0v) is 18.2. The molecule has 0 aliphatic heterocycles. The first-order valence-corrected chi connectivity index (χ1v) is 8.94. The topological polar surface area (TPSA) is 63.5 Å². The average molecular weight is 471 g/mol. The minimum atomic E-state index is 0. The number of nitrogens with one attached hydrogen (secondary N) is 2. The fourth-order valence-electron chi connectivity index (χ4n) is 2.47. The summed E-state index contributed by atoms with van der Waals surface area (Å²) in [7, 11) is 0. The summed E-state index contributed by atoms with van der Waals surface area (Å²) in [5, 5.41) is 11.0. The van der Waals surface area contributed by atoms with Crippen molar-refractivity contribution in [2.24, 2.45) is 4.99 Å². The van der Waals surface area contributed by atoms with Crippen LogP contribution < -0.4 is 15.4 Å². The lowest BCUT2D eigenvalue weighted by Gasteiger charge is -2.12. The van der Waals surface area contributed by atoms with Gasteiger partial charge in [-0.25, -0.2) is 4.99 Å². The molecule has 1 aromatic carbocycles. The van der Waals surface area contributed by atoms with E-state index in [-0.39, 0.29) is 24.0 Å². The Morgan fingerprint density at radius 2 is 2.04 bits per heavy atom. The van der Waals surface area contributed by atoms with E-state index in [2.05, 4.69) is 46.8 Å². The van der Waals surface area contributed by atoms with E-state index in [1.807, 2.05) is 36.0 Å². The second kappa shape index (κ2) is 12.6. The minimum absolute atomic E-state index is 0. The van der Waals surface area contributed by atoms with Crippen molar-refractivity contribution in [3.63, 3.8) is 0 Å². The highest BCUT2D eigenvalue weighted by Gasteiger charge is 2.03. The second-order valence-corrected chi connectivity index (χ2v) is 5.80. The first-order valence-electron chi connectivity index (χ1n) is 8.94. The molecule has 144 valence electrons. The summed E-state index contributed by atoms with van der Waals surface area (Å²) in [5.41, 5.74) is 2.28. The van der Waals surface area contributed by atoms with Crippen LogP contribution in [0.2, 0.25) is 0 Å². The van der Waals surface area contributed by atoms with Crippen LogP contribution in [0, 0.1) is 6.92 Å². The van der Waals surface area contributed by atoms with Gasteiger partial charge in [-0.1, -0.05) is 18.2 Å². The third-order valence-corrected chi connectivity index (χ3v) is 3.64. The number of nitrogens with zero attached hydrogens (tertiary/aromatic N) is 3. The molecule has 0 radical (unpaired) electrons. The molecule has 0 spiro atoms. The van der Waals surface area contributed by atoms with Crippen molar-refractivity contribution in [1.82, 2.24) is 20.4 Å². The molecule has 0 saturated heterocycles. The van der Waals surface area contributed by atoms with Crippen molar-refractivity contribution in [2.75, 3.05) is 19.7 Å². The molecule has 0 bridgehead atoms. The number of ether oxygens (including phenoxy) is 1. The average Bonchev–Trinajstić information content (AvgIpc) is 3.03. The van der Waals surface area contributed by atoms with Crippen LogP contribution in [-0.4, -0.2) is 35.4 Å². The summed E-state index contributed by atoms with van der Waals surface area (Å²) in [4.78, 5) is 4.67. The lowest BCUT2D eigenvalue weighted by atomic mass is 10.2. The maximum atomic E-state index is 5.66. The molecule has 0 saturated carbocycles. The Kier molecular flexibility index (Phi) is 10.8. The van der Waals surface area contributed by atoms with Crippen LogP contribution in [-0.2, 0) is 13.1 Å². The number of para-hydroxylation sites is 1. The Labute approximate surface area is 173 Å². The summed E-state index contributed by atoms with van der Waals surface area (Å²) >= 11 is 0. The molecule has 0 aliphatic rings. The maximum Gasteiger partial charge on any atom is 0.191 e. The normalized spacial score (nSPS) is 11.0. The maximum absolute atomic E-state index is 5.66. The first kappa shape index (κ1) is 22.3. The van der Waals surface area contributed by atoms with Crippen LogP contribution in [0.1, 0.15) is 31.4 Å². The predicted octanol–water partition coefficient (Wildman–Crippen LogP) is 3.35. The number of benzene rings is 1. The van der Waals surface area contributed by atoms with Gasteiger partial charge >= 0.3 is 0 Å². The molecule has 7 heteroatoms. The van der Waals surface area contributed by atoms with Gasteiger partial charge in [0, 0.05) is 31.4 Å². The number of rotatable bonds is 9. The molecule has 0 atom stereocenters. The first-order chi connectivity index (χ1) is 12.2. The van der Waals surface area contributed by atoms with E-state index < -0.39 is 0 Å². The molecule has 0 amide bonds. The molecule has 2 N–H and O–H groups in total. The Morgan fingerprint density at radius 3 is 2.73 bits per heavy atom. The van der Waals surface area contributed by atoms with E-state index in [1.54, 1.807) is 0 Å². The van der Waals surface area contributed by atoms with Crippen molar-refractivity contribution < 1.29 is 4.74 Å². The highest BCUT2D eigenvalue weighted by Crippen LogP contribution is 2.18. The van der Waals surface area contributed by atoms with Crippen LogP contribution in [0.3, 0.4) is 0 Å². The molecule has 2 rings (SSSR count). The Bertz CT molecular complexity index is 671. The molecule has 6 nitrogen and oxygen atoms in total. The summed E-state index contributed by atoms with van der Waals surface area (Å²) in [6, 6.07) is 8.04. The summed E-state index contributed by atoms with van der Waals surface area (Å²) in [6.07, 6.45) is 4.93. The molecule has 1 aromatic heterocycles. The fourth-order valence-corrected chi connectivity index (χ4v) is 2.47. The van der Waals surface area contributed by atoms with Gasteiger partial charge in [-0.2, -0.15) is 5.10 Å². The van der Waals surface area contributed by atoms with Crippen molar-refractivity contribution >= 4 is 29.9 Å². The number of guanidine groups is 1. The molecular formula is C19H30IN5O. The van der Waals surface area contributed by atoms with Gasteiger partial charge in [-0.05, 0) is 38.8 Å². The van der Waals surface area contributed by atoms with Crippen molar-refractivity contribution in [1.29, 1.82) is 0 Å². The third kappa shape index (κ3) is 7.63. The molecule has 26 heavy (non-hydrogen) atoms. The number of hydrogen-bond acceptors (Lipinski definition) is 3. The van der Waals surface area contributed by atoms with E-state index >= 15 is 0 Å². The Hall–Kier alpha value is -1.77. The third-order valence-electron chi connectivity index (χ3n) is 3.64. The largest absolute Gasteiger partial charge is 0.494 e. The van der Waals surface area contributed by atoms with Gasteiger partial charge < -0.3 is 15.4 Å². The van der Waals surface area contributed by atoms with Gasteiger partial charge in [0.15, 0.2) is 5.96 Å². The number of aliphatic imine (C=N–C) groups is 1. The molecular weight excluding hydrogens is 441 g/mol. The van der Waals surface area contributed by atoms with Crippen molar-refractivity contribution in [2.45, 2.75) is 40.3 Å². The highest BCUT2D eigenvalue weighted by molar-refractivity contribution is 14.0. The Morgan fingerprint density at radius 1 is 1.23 bits per heavy atom. The lowest BCUT2D eigenvalue weighted by Crippen LogP contribution is -2.38. The highest BCUT2D eigenvalue weighted by atomic mass is 127. The van der Waals surface area contributed by atoms with Crippen LogP contribution in [0.4, 0.5) is 0 Å². The summed E-state index contributed by atoms with van der Waals surface area (Å²) in [5.74, 6) is 1.73. The SMILES string of the molecule is CCNC(=NCc1ccccc1OCC)NCCCn1cc(C)cn1.I. The zero-order chi connectivity index (χ0) is 17.9. The summed E-state index contributed by atoms with van der Waals surface area (Å²) < 4.78 is 7.63. The molecule has 1 heterocycles. The number of aromatic nitrogens is 2. The number of hydrogen-bond donors (Lipinski definition) is 2. The fraction of sp³-hybridized carbons (Fsp3) is 0.474. The van der Waals surface area contributed by atoms with E-state index in [9.17, 15) is 0 Å². The van der Waals surface area contributed by atoms with Crippen LogP contribution >= 0.6 is 24.0 Å². The molecule has 0 fully saturated rings. The van der Waals surface area contributed by atoms with E-state index in [0.29, 0.717) is 13.2 Å². The second-order valence-electron chi connectivity index (χ2n) is 5.80. The van der Waals surface area contributed by atoms with E-state index in [4.69, 9.17) is 4.74 Å². The quantitative estimate of drug-likeness (QED) is 0.255. The lowest BCUT2D eigenvalue weighted by molar-refractivity contribution is 0.336. The van der Waals surface area contributed by atoms with E-state index in [0.717, 1.165) is 43.3 Å². The van der Waals surface area contributed by atoms with Crippen LogP contribution in [0.25, 0.3) is 0 Å². The minimum Gasteiger partial charge on any atom is -0.494 e. The van der Waals surface area contributed by atoms with Crippen molar-refractivity contribution in [3.8, 4) is 5.75 Å². The van der Waals surface area contributed by atoms with Crippen LogP contribution in [0.5, 0.6) is 5.75 Å². The molecule has 0 unspecified atom stereocenters. The number of aryl methyl sites for hydroxylation is 2. The Balaban J connectivity index is 0.00000338. The van der Waals surface area contributed by atoms with Gasteiger partial charge in [-0.15, -0.1) is 24.0 Å². The summed E-state index contributed by atoms with van der Waals surface area (Å²) in [6.45, 7) is 9.93. The smallest absolute Gasteiger partial charge is 0.191 e. The van der Waals surface area contributed by atoms with E-state index in [1.165, 1.54) is 5.56 Å². The predicted molar refractivity (Wildman–Crippen MR) is 117 cm³/mol. The van der Waals surface area contributed by atoms with Gasteiger partial charge in [0.25, 0.3) is 0 Å². The number of halogens is 1. The molecule has 2 aromatic rings. The molecule has 0 aliphatic carbocycles. The standard InChI is InChI=1S/C19H29N5O.HI/c1-4-20-19(21-11-8-12-24-15-16(3)13-23-24)22-14-17-9-6-7-10-18(17)25-5-2;/h6-7,9-10,13,15H,4-5,8,11-12,14H2,1-3H3,(H2,20,21,22);1H. The van der Waals surface area contributed by atoms with Gasteiger partial charge in [0.1, 0.15) is 5.75 Å². The van der Waals surface area contributed by atoms with Crippen molar-refractivity contribution in [3.05, 3.63) is 47.8 Å². The monoisotopic (exact) mass is 471 g/mol. The van der Waals surface area contributed by atoms with Gasteiger partial charge in [-0.3, -0.25) is 4.68 Å². The van der Waals surface area contributed by atoms with Gasteiger partial charge in [0.05, 0.1) is 19.3 Å². The van der Waals surface area contributed by atoms with Gasteiger partial charge in [0.2, 0.25) is 0 Å².